The average molecular weight is 455 g/mol. The lowest BCUT2D eigenvalue weighted by Gasteiger charge is -2.12. The van der Waals surface area contributed by atoms with E-state index in [0.29, 0.717) is 23.5 Å². The lowest BCUT2D eigenvalue weighted by atomic mass is 10.2. The van der Waals surface area contributed by atoms with Crippen molar-refractivity contribution in [2.45, 2.75) is 11.8 Å². The number of rotatable bonds is 9. The summed E-state index contributed by atoms with van der Waals surface area (Å²) < 4.78 is 40.9. The van der Waals surface area contributed by atoms with Crippen LogP contribution in [0.4, 0.5) is 0 Å². The summed E-state index contributed by atoms with van der Waals surface area (Å²) in [6.45, 7) is 2.07. The third-order valence-corrected chi connectivity index (χ3v) is 5.48. The number of hydrogen-bond donors (Lipinski definition) is 1. The Bertz CT molecular complexity index is 1190. The highest BCUT2D eigenvalue weighted by Gasteiger charge is 2.19. The molecule has 0 aliphatic heterocycles. The number of nitrogens with zero attached hydrogens (tertiary/aromatic N) is 1. The molecule has 166 valence electrons. The Morgan fingerprint density at radius 1 is 1.00 bits per heavy atom. The number of benzene rings is 3. The van der Waals surface area contributed by atoms with Gasteiger partial charge in [-0.05, 0) is 67.1 Å². The minimum atomic E-state index is -4.01. The molecule has 32 heavy (non-hydrogen) atoms. The summed E-state index contributed by atoms with van der Waals surface area (Å²) in [5.41, 5.74) is 3.43. The number of ether oxygens (including phenoxy) is 2. The molecule has 1 N–H and O–H groups in total. The zero-order chi connectivity index (χ0) is 23.0. The van der Waals surface area contributed by atoms with Crippen LogP contribution in [0.3, 0.4) is 0 Å². The molecule has 0 heterocycles. The molecular weight excluding hydrogens is 432 g/mol. The van der Waals surface area contributed by atoms with Gasteiger partial charge in [0.2, 0.25) is 0 Å². The topological polar surface area (TPSA) is 103 Å². The summed E-state index contributed by atoms with van der Waals surface area (Å²) in [5, 5.41) is 3.94. The first-order chi connectivity index (χ1) is 15.4. The van der Waals surface area contributed by atoms with E-state index in [4.69, 9.17) is 13.7 Å². The van der Waals surface area contributed by atoms with Crippen molar-refractivity contribution >= 4 is 22.2 Å². The van der Waals surface area contributed by atoms with Crippen molar-refractivity contribution in [1.29, 1.82) is 0 Å². The minimum Gasteiger partial charge on any atom is -0.497 e. The molecule has 8 nitrogen and oxygen atoms in total. The van der Waals surface area contributed by atoms with Gasteiger partial charge < -0.3 is 13.7 Å². The van der Waals surface area contributed by atoms with Crippen LogP contribution in [0.25, 0.3) is 0 Å². The van der Waals surface area contributed by atoms with Crippen molar-refractivity contribution in [3.05, 3.63) is 83.9 Å². The summed E-state index contributed by atoms with van der Waals surface area (Å²) >= 11 is 0. The van der Waals surface area contributed by atoms with Gasteiger partial charge in [0, 0.05) is 5.56 Å². The van der Waals surface area contributed by atoms with E-state index in [9.17, 15) is 13.2 Å². The van der Waals surface area contributed by atoms with Crippen LogP contribution in [0.5, 0.6) is 17.2 Å². The first kappa shape index (κ1) is 22.8. The molecule has 0 fully saturated rings. The van der Waals surface area contributed by atoms with E-state index in [1.807, 2.05) is 0 Å². The van der Waals surface area contributed by atoms with E-state index in [-0.39, 0.29) is 22.3 Å². The Morgan fingerprint density at radius 2 is 1.72 bits per heavy atom. The molecule has 3 aromatic rings. The molecule has 1 amide bonds. The highest BCUT2D eigenvalue weighted by molar-refractivity contribution is 7.87. The van der Waals surface area contributed by atoms with Gasteiger partial charge in [-0.3, -0.25) is 4.79 Å². The Balaban J connectivity index is 1.72. The maximum atomic E-state index is 12.5. The summed E-state index contributed by atoms with van der Waals surface area (Å²) in [6.07, 6.45) is 1.42. The quantitative estimate of drug-likeness (QED) is 0.301. The van der Waals surface area contributed by atoms with Gasteiger partial charge in [0.25, 0.3) is 5.91 Å². The molecular formula is C23H22N2O6S. The smallest absolute Gasteiger partial charge is 0.339 e. The van der Waals surface area contributed by atoms with Crippen LogP contribution < -0.4 is 19.1 Å². The fraction of sp³-hybridized carbons (Fsp3) is 0.130. The van der Waals surface area contributed by atoms with E-state index in [1.165, 1.54) is 24.4 Å². The summed E-state index contributed by atoms with van der Waals surface area (Å²) in [6, 6.07) is 19.1. The Morgan fingerprint density at radius 3 is 2.38 bits per heavy atom. The number of hydrazone groups is 1. The zero-order valence-corrected chi connectivity index (χ0v) is 18.3. The van der Waals surface area contributed by atoms with E-state index < -0.39 is 10.1 Å². The van der Waals surface area contributed by atoms with Crippen molar-refractivity contribution in [2.75, 3.05) is 13.7 Å². The van der Waals surface area contributed by atoms with Crippen LogP contribution in [0.15, 0.2) is 82.8 Å². The Kier molecular flexibility index (Phi) is 7.45. The SMILES string of the molecule is CCOc1cc(/C=N\NC(=O)c2ccc(OC)cc2)ccc1OS(=O)(=O)c1ccccc1. The molecule has 3 rings (SSSR count). The number of hydrogen-bond acceptors (Lipinski definition) is 7. The molecule has 0 radical (unpaired) electrons. The van der Waals surface area contributed by atoms with Gasteiger partial charge in [0.15, 0.2) is 11.5 Å². The monoisotopic (exact) mass is 454 g/mol. The molecule has 0 atom stereocenters. The number of carbonyl (C=O) groups excluding carboxylic acids is 1. The van der Waals surface area contributed by atoms with Crippen LogP contribution in [-0.4, -0.2) is 34.3 Å². The van der Waals surface area contributed by atoms with Gasteiger partial charge in [0.05, 0.1) is 19.9 Å². The standard InChI is InChI=1S/C23H22N2O6S/c1-3-30-22-15-17(16-24-25-23(26)18-10-12-19(29-2)13-11-18)9-14-21(22)31-32(27,28)20-7-5-4-6-8-20/h4-16H,3H2,1-2H3,(H,25,26)/b24-16-. The second-order valence-electron chi connectivity index (χ2n) is 6.42. The molecule has 0 aliphatic rings. The molecule has 0 aliphatic carbocycles. The molecule has 3 aromatic carbocycles. The van der Waals surface area contributed by atoms with Crippen molar-refractivity contribution in [1.82, 2.24) is 5.43 Å². The predicted molar refractivity (Wildman–Crippen MR) is 120 cm³/mol. The summed E-state index contributed by atoms with van der Waals surface area (Å²) in [7, 11) is -2.47. The van der Waals surface area contributed by atoms with Crippen LogP contribution in [0.1, 0.15) is 22.8 Å². The fourth-order valence-corrected chi connectivity index (χ4v) is 3.63. The normalized spacial score (nSPS) is 11.2. The number of nitrogens with one attached hydrogen (secondary N) is 1. The van der Waals surface area contributed by atoms with E-state index in [0.717, 1.165) is 0 Å². The van der Waals surface area contributed by atoms with Crippen molar-refractivity contribution in [2.24, 2.45) is 5.10 Å². The molecule has 0 bridgehead atoms. The number of amides is 1. The van der Waals surface area contributed by atoms with E-state index in [1.54, 1.807) is 68.6 Å². The van der Waals surface area contributed by atoms with Gasteiger partial charge in [-0.2, -0.15) is 13.5 Å². The average Bonchev–Trinajstić information content (AvgIpc) is 2.81. The minimum absolute atomic E-state index is 0.0364. The van der Waals surface area contributed by atoms with Gasteiger partial charge in [-0.1, -0.05) is 18.2 Å². The van der Waals surface area contributed by atoms with Crippen molar-refractivity contribution < 1.29 is 26.9 Å². The van der Waals surface area contributed by atoms with Gasteiger partial charge in [0.1, 0.15) is 10.6 Å². The van der Waals surface area contributed by atoms with E-state index >= 15 is 0 Å². The summed E-state index contributed by atoms with van der Waals surface area (Å²) in [5.74, 6) is 0.542. The van der Waals surface area contributed by atoms with Crippen molar-refractivity contribution in [3.63, 3.8) is 0 Å². The second-order valence-corrected chi connectivity index (χ2v) is 7.96. The predicted octanol–water partition coefficient (Wildman–Crippen LogP) is 3.63. The van der Waals surface area contributed by atoms with Crippen LogP contribution >= 0.6 is 0 Å². The zero-order valence-electron chi connectivity index (χ0n) is 17.5. The first-order valence-corrected chi connectivity index (χ1v) is 11.1. The molecule has 9 heteroatoms. The van der Waals surface area contributed by atoms with E-state index in [2.05, 4.69) is 10.5 Å². The lowest BCUT2D eigenvalue weighted by Crippen LogP contribution is -2.17. The number of carbonyl (C=O) groups is 1. The Labute approximate surface area is 186 Å². The van der Waals surface area contributed by atoms with Crippen LogP contribution in [-0.2, 0) is 10.1 Å². The second kappa shape index (κ2) is 10.5. The van der Waals surface area contributed by atoms with Crippen LogP contribution in [0.2, 0.25) is 0 Å². The Hall–Kier alpha value is -3.85. The largest absolute Gasteiger partial charge is 0.497 e. The molecule has 0 aromatic heterocycles. The van der Waals surface area contributed by atoms with Crippen LogP contribution in [0, 0.1) is 0 Å². The van der Waals surface area contributed by atoms with Gasteiger partial charge >= 0.3 is 10.1 Å². The highest BCUT2D eigenvalue weighted by Crippen LogP contribution is 2.30. The maximum Gasteiger partial charge on any atom is 0.339 e. The molecule has 0 saturated heterocycles. The highest BCUT2D eigenvalue weighted by atomic mass is 32.2. The van der Waals surface area contributed by atoms with Crippen molar-refractivity contribution in [3.8, 4) is 17.2 Å². The lowest BCUT2D eigenvalue weighted by molar-refractivity contribution is 0.0955. The third-order valence-electron chi connectivity index (χ3n) is 4.23. The first-order valence-electron chi connectivity index (χ1n) is 9.67. The molecule has 0 spiro atoms. The van der Waals surface area contributed by atoms with Gasteiger partial charge in [-0.15, -0.1) is 0 Å². The fourth-order valence-electron chi connectivity index (χ4n) is 2.67. The number of methoxy groups -OCH3 is 1. The summed E-state index contributed by atoms with van der Waals surface area (Å²) in [4.78, 5) is 12.2. The van der Waals surface area contributed by atoms with Gasteiger partial charge in [-0.25, -0.2) is 5.43 Å². The molecule has 0 saturated carbocycles. The maximum absolute atomic E-state index is 12.5. The molecule has 0 unspecified atom stereocenters. The third kappa shape index (κ3) is 5.86.